The number of carbonyl (C=O) groups excluding carboxylic acids is 1. The molecule has 0 atom stereocenters. The van der Waals surface area contributed by atoms with Gasteiger partial charge in [0.15, 0.2) is 0 Å². The van der Waals surface area contributed by atoms with Crippen LogP contribution < -0.4 is 10.6 Å². The molecule has 2 aromatic heterocycles. The lowest BCUT2D eigenvalue weighted by Crippen LogP contribution is -2.28. The molecule has 0 saturated carbocycles. The van der Waals surface area contributed by atoms with Crippen molar-refractivity contribution in [3.63, 3.8) is 0 Å². The zero-order valence-electron chi connectivity index (χ0n) is 10.7. The Morgan fingerprint density at radius 2 is 2.15 bits per heavy atom. The molecular formula is C13H13N3O4. The molecule has 2 aromatic rings. The lowest BCUT2D eigenvalue weighted by Gasteiger charge is -2.06. The van der Waals surface area contributed by atoms with Gasteiger partial charge in [-0.05, 0) is 30.7 Å². The van der Waals surface area contributed by atoms with Gasteiger partial charge in [0, 0.05) is 6.20 Å². The molecule has 7 nitrogen and oxygen atoms in total. The van der Waals surface area contributed by atoms with E-state index in [1.165, 1.54) is 18.3 Å². The van der Waals surface area contributed by atoms with Gasteiger partial charge in [-0.1, -0.05) is 0 Å². The standard InChI is InChI=1S/C13H13N3O4/c1-8-4-9(6-14-5-8)16-13(19)15-7-10-2-3-11(20-10)12(17)18/h2-6H,7H2,1H3,(H,17,18)(H2,15,16,19). The van der Waals surface area contributed by atoms with Crippen molar-refractivity contribution in [1.29, 1.82) is 0 Å². The molecule has 0 bridgehead atoms. The highest BCUT2D eigenvalue weighted by molar-refractivity contribution is 5.89. The van der Waals surface area contributed by atoms with Gasteiger partial charge in [0.1, 0.15) is 5.76 Å². The molecule has 0 aromatic carbocycles. The number of pyridine rings is 1. The number of hydrogen-bond acceptors (Lipinski definition) is 4. The topological polar surface area (TPSA) is 104 Å². The van der Waals surface area contributed by atoms with Crippen LogP contribution in [0.4, 0.5) is 10.5 Å². The van der Waals surface area contributed by atoms with Gasteiger partial charge >= 0.3 is 12.0 Å². The average Bonchev–Trinajstić information content (AvgIpc) is 2.85. The molecule has 7 heteroatoms. The molecule has 0 radical (unpaired) electrons. The summed E-state index contributed by atoms with van der Waals surface area (Å²) in [5.41, 5.74) is 1.51. The zero-order valence-corrected chi connectivity index (χ0v) is 10.7. The van der Waals surface area contributed by atoms with Crippen molar-refractivity contribution >= 4 is 17.7 Å². The maximum Gasteiger partial charge on any atom is 0.371 e. The van der Waals surface area contributed by atoms with E-state index in [1.807, 2.05) is 6.92 Å². The smallest absolute Gasteiger partial charge is 0.371 e. The third kappa shape index (κ3) is 3.58. The fourth-order valence-corrected chi connectivity index (χ4v) is 1.55. The highest BCUT2D eigenvalue weighted by Gasteiger charge is 2.09. The quantitative estimate of drug-likeness (QED) is 0.791. The van der Waals surface area contributed by atoms with Crippen LogP contribution in [0.2, 0.25) is 0 Å². The van der Waals surface area contributed by atoms with E-state index in [0.29, 0.717) is 11.4 Å². The second-order valence-electron chi connectivity index (χ2n) is 4.13. The lowest BCUT2D eigenvalue weighted by molar-refractivity contribution is 0.0660. The first kappa shape index (κ1) is 13.6. The first-order valence-corrected chi connectivity index (χ1v) is 5.83. The number of rotatable bonds is 4. The van der Waals surface area contributed by atoms with E-state index in [-0.39, 0.29) is 12.3 Å². The van der Waals surface area contributed by atoms with E-state index >= 15 is 0 Å². The van der Waals surface area contributed by atoms with Crippen molar-refractivity contribution in [3.8, 4) is 0 Å². The molecule has 104 valence electrons. The number of urea groups is 1. The summed E-state index contributed by atoms with van der Waals surface area (Å²) >= 11 is 0. The number of aryl methyl sites for hydroxylation is 1. The summed E-state index contributed by atoms with van der Waals surface area (Å²) in [6, 6.07) is 4.19. The van der Waals surface area contributed by atoms with Gasteiger partial charge in [-0.25, -0.2) is 9.59 Å². The molecule has 2 rings (SSSR count). The third-order valence-corrected chi connectivity index (χ3v) is 2.43. The second-order valence-corrected chi connectivity index (χ2v) is 4.13. The Hall–Kier alpha value is -2.83. The van der Waals surface area contributed by atoms with Gasteiger partial charge in [-0.3, -0.25) is 4.98 Å². The first-order valence-electron chi connectivity index (χ1n) is 5.83. The highest BCUT2D eigenvalue weighted by atomic mass is 16.4. The summed E-state index contributed by atoms with van der Waals surface area (Å²) in [6.45, 7) is 1.96. The molecule has 2 heterocycles. The lowest BCUT2D eigenvalue weighted by atomic mass is 10.3. The van der Waals surface area contributed by atoms with Crippen molar-refractivity contribution in [2.45, 2.75) is 13.5 Å². The number of hydrogen-bond donors (Lipinski definition) is 3. The molecular weight excluding hydrogens is 262 g/mol. The summed E-state index contributed by atoms with van der Waals surface area (Å²) in [7, 11) is 0. The number of furan rings is 1. The van der Waals surface area contributed by atoms with Crippen LogP contribution in [-0.2, 0) is 6.54 Å². The Bertz CT molecular complexity index is 636. The fraction of sp³-hybridized carbons (Fsp3) is 0.154. The molecule has 3 N–H and O–H groups in total. The van der Waals surface area contributed by atoms with Crippen LogP contribution in [-0.4, -0.2) is 22.1 Å². The number of carboxylic acids is 1. The van der Waals surface area contributed by atoms with E-state index in [1.54, 1.807) is 12.3 Å². The number of carboxylic acid groups (broad SMARTS) is 1. The third-order valence-electron chi connectivity index (χ3n) is 2.43. The molecule has 0 fully saturated rings. The van der Waals surface area contributed by atoms with E-state index in [4.69, 9.17) is 9.52 Å². The van der Waals surface area contributed by atoms with E-state index in [2.05, 4.69) is 15.6 Å². The monoisotopic (exact) mass is 275 g/mol. The molecule has 0 saturated heterocycles. The van der Waals surface area contributed by atoms with Gasteiger partial charge < -0.3 is 20.2 Å². The Balaban J connectivity index is 1.87. The van der Waals surface area contributed by atoms with Crippen molar-refractivity contribution in [1.82, 2.24) is 10.3 Å². The summed E-state index contributed by atoms with van der Waals surface area (Å²) in [4.78, 5) is 26.2. The van der Waals surface area contributed by atoms with Crippen molar-refractivity contribution < 1.29 is 19.1 Å². The summed E-state index contributed by atoms with van der Waals surface area (Å²) in [5.74, 6) is -0.948. The number of carbonyl (C=O) groups is 2. The zero-order chi connectivity index (χ0) is 14.5. The van der Waals surface area contributed by atoms with Crippen molar-refractivity contribution in [3.05, 3.63) is 47.7 Å². The summed E-state index contributed by atoms with van der Waals surface area (Å²) in [6.07, 6.45) is 3.21. The molecule has 0 aliphatic carbocycles. The highest BCUT2D eigenvalue weighted by Crippen LogP contribution is 2.09. The first-order chi connectivity index (χ1) is 9.54. The Kier molecular flexibility index (Phi) is 3.99. The molecule has 0 unspecified atom stereocenters. The predicted molar refractivity (Wildman–Crippen MR) is 70.5 cm³/mol. The molecule has 0 aliphatic rings. The average molecular weight is 275 g/mol. The fourth-order valence-electron chi connectivity index (χ4n) is 1.55. The Labute approximate surface area is 114 Å². The minimum Gasteiger partial charge on any atom is -0.475 e. The second kappa shape index (κ2) is 5.87. The van der Waals surface area contributed by atoms with Crippen LogP contribution in [0, 0.1) is 6.92 Å². The number of nitrogens with one attached hydrogen (secondary N) is 2. The molecule has 2 amide bonds. The maximum atomic E-state index is 11.6. The van der Waals surface area contributed by atoms with Crippen LogP contribution >= 0.6 is 0 Å². The largest absolute Gasteiger partial charge is 0.475 e. The van der Waals surface area contributed by atoms with Gasteiger partial charge in [0.25, 0.3) is 0 Å². The van der Waals surface area contributed by atoms with Crippen molar-refractivity contribution in [2.75, 3.05) is 5.32 Å². The summed E-state index contributed by atoms with van der Waals surface area (Å²) in [5, 5.41) is 13.9. The molecule has 0 aliphatic heterocycles. The Morgan fingerprint density at radius 1 is 1.35 bits per heavy atom. The minimum absolute atomic E-state index is 0.0956. The van der Waals surface area contributed by atoms with E-state index in [9.17, 15) is 9.59 Å². The van der Waals surface area contributed by atoms with E-state index in [0.717, 1.165) is 5.56 Å². The number of nitrogens with zero attached hydrogens (tertiary/aromatic N) is 1. The van der Waals surface area contributed by atoms with Crippen molar-refractivity contribution in [2.24, 2.45) is 0 Å². The maximum absolute atomic E-state index is 11.6. The van der Waals surface area contributed by atoms with Crippen LogP contribution in [0.3, 0.4) is 0 Å². The number of anilines is 1. The number of aromatic carboxylic acids is 1. The van der Waals surface area contributed by atoms with Crippen LogP contribution in [0.5, 0.6) is 0 Å². The Morgan fingerprint density at radius 3 is 2.80 bits per heavy atom. The molecule has 20 heavy (non-hydrogen) atoms. The van der Waals surface area contributed by atoms with Gasteiger partial charge in [-0.15, -0.1) is 0 Å². The van der Waals surface area contributed by atoms with Gasteiger partial charge in [-0.2, -0.15) is 0 Å². The van der Waals surface area contributed by atoms with Crippen LogP contribution in [0.1, 0.15) is 21.9 Å². The van der Waals surface area contributed by atoms with Gasteiger partial charge in [0.2, 0.25) is 5.76 Å². The van der Waals surface area contributed by atoms with Gasteiger partial charge in [0.05, 0.1) is 18.4 Å². The normalized spacial score (nSPS) is 10.1. The molecule has 0 spiro atoms. The SMILES string of the molecule is Cc1cncc(NC(=O)NCc2ccc(C(=O)O)o2)c1. The predicted octanol–water partition coefficient (Wildman–Crippen LogP) is 2.00. The van der Waals surface area contributed by atoms with Crippen LogP contribution in [0.25, 0.3) is 0 Å². The van der Waals surface area contributed by atoms with Crippen LogP contribution in [0.15, 0.2) is 35.0 Å². The number of amides is 2. The summed E-state index contributed by atoms with van der Waals surface area (Å²) < 4.78 is 5.01. The van der Waals surface area contributed by atoms with E-state index < -0.39 is 12.0 Å². The number of aromatic nitrogens is 1. The minimum atomic E-state index is -1.15.